The fraction of sp³-hybridized carbons (Fsp3) is 0.176. The standard InChI is InChI=1S/C17H15ClF2N2O2/c1-10(23)21-16-9-13(4-5-14(16)18)22-17(24)7-2-11-8-12(19)3-6-15(11)20/h3-6,8-9H,2,7H2,1H3,(H,21,23)(H,22,24). The highest BCUT2D eigenvalue weighted by Gasteiger charge is 2.09. The summed E-state index contributed by atoms with van der Waals surface area (Å²) in [6.07, 6.45) is 0.0556. The number of carbonyl (C=O) groups excluding carboxylic acids is 2. The average Bonchev–Trinajstić information content (AvgIpc) is 2.51. The minimum absolute atomic E-state index is 0.0154. The molecule has 0 saturated heterocycles. The average molecular weight is 353 g/mol. The molecule has 0 aromatic heterocycles. The van der Waals surface area contributed by atoms with Crippen molar-refractivity contribution in [2.75, 3.05) is 10.6 Å². The first-order valence-electron chi connectivity index (χ1n) is 7.16. The van der Waals surface area contributed by atoms with E-state index in [0.717, 1.165) is 18.2 Å². The van der Waals surface area contributed by atoms with Gasteiger partial charge in [-0.1, -0.05) is 11.6 Å². The second-order valence-corrected chi connectivity index (χ2v) is 5.57. The SMILES string of the molecule is CC(=O)Nc1cc(NC(=O)CCc2cc(F)ccc2F)ccc1Cl. The Morgan fingerprint density at radius 1 is 1.08 bits per heavy atom. The van der Waals surface area contributed by atoms with Crippen LogP contribution in [0.4, 0.5) is 20.2 Å². The van der Waals surface area contributed by atoms with E-state index in [1.54, 1.807) is 6.07 Å². The van der Waals surface area contributed by atoms with Gasteiger partial charge in [0.1, 0.15) is 11.6 Å². The molecule has 2 N–H and O–H groups in total. The molecule has 7 heteroatoms. The summed E-state index contributed by atoms with van der Waals surface area (Å²) in [5.41, 5.74) is 0.950. The van der Waals surface area contributed by atoms with Crippen molar-refractivity contribution in [3.05, 3.63) is 58.6 Å². The summed E-state index contributed by atoms with van der Waals surface area (Å²) in [5, 5.41) is 5.50. The monoisotopic (exact) mass is 352 g/mol. The third-order valence-corrected chi connectivity index (χ3v) is 3.52. The smallest absolute Gasteiger partial charge is 0.224 e. The summed E-state index contributed by atoms with van der Waals surface area (Å²) in [6.45, 7) is 1.34. The molecule has 0 aliphatic heterocycles. The quantitative estimate of drug-likeness (QED) is 0.849. The van der Waals surface area contributed by atoms with E-state index in [2.05, 4.69) is 10.6 Å². The van der Waals surface area contributed by atoms with Gasteiger partial charge in [0.15, 0.2) is 0 Å². The highest BCUT2D eigenvalue weighted by molar-refractivity contribution is 6.33. The number of anilines is 2. The largest absolute Gasteiger partial charge is 0.326 e. The van der Waals surface area contributed by atoms with Gasteiger partial charge in [0, 0.05) is 19.0 Å². The second kappa shape index (κ2) is 7.88. The molecule has 126 valence electrons. The van der Waals surface area contributed by atoms with Crippen LogP contribution in [0.5, 0.6) is 0 Å². The lowest BCUT2D eigenvalue weighted by atomic mass is 10.1. The normalized spacial score (nSPS) is 10.3. The summed E-state index contributed by atoms with van der Waals surface area (Å²) < 4.78 is 26.6. The lowest BCUT2D eigenvalue weighted by Gasteiger charge is -2.10. The fourth-order valence-electron chi connectivity index (χ4n) is 2.10. The predicted molar refractivity (Wildman–Crippen MR) is 89.1 cm³/mol. The molecule has 0 saturated carbocycles. The van der Waals surface area contributed by atoms with Crippen molar-refractivity contribution in [1.29, 1.82) is 0 Å². The van der Waals surface area contributed by atoms with Gasteiger partial charge in [-0.25, -0.2) is 8.78 Å². The Hall–Kier alpha value is -2.47. The van der Waals surface area contributed by atoms with Crippen LogP contribution in [-0.4, -0.2) is 11.8 Å². The zero-order valence-electron chi connectivity index (χ0n) is 12.8. The zero-order valence-corrected chi connectivity index (χ0v) is 13.6. The van der Waals surface area contributed by atoms with E-state index in [1.165, 1.54) is 19.1 Å². The molecule has 0 fully saturated rings. The summed E-state index contributed by atoms with van der Waals surface area (Å²) >= 11 is 5.95. The molecule has 0 aliphatic rings. The van der Waals surface area contributed by atoms with E-state index in [9.17, 15) is 18.4 Å². The van der Waals surface area contributed by atoms with Crippen LogP contribution in [0.1, 0.15) is 18.9 Å². The summed E-state index contributed by atoms with van der Waals surface area (Å²) in [6, 6.07) is 7.75. The molecule has 0 unspecified atom stereocenters. The number of aryl methyl sites for hydroxylation is 1. The molecule has 2 amide bonds. The molecule has 4 nitrogen and oxygen atoms in total. The number of rotatable bonds is 5. The highest BCUT2D eigenvalue weighted by atomic mass is 35.5. The number of halogens is 3. The van der Waals surface area contributed by atoms with Gasteiger partial charge in [0.2, 0.25) is 11.8 Å². The fourth-order valence-corrected chi connectivity index (χ4v) is 2.26. The van der Waals surface area contributed by atoms with Crippen molar-refractivity contribution in [2.45, 2.75) is 19.8 Å². The van der Waals surface area contributed by atoms with Gasteiger partial charge in [0.25, 0.3) is 0 Å². The Kier molecular flexibility index (Phi) is 5.87. The third-order valence-electron chi connectivity index (χ3n) is 3.19. The Bertz CT molecular complexity index is 781. The topological polar surface area (TPSA) is 58.2 Å². The Morgan fingerprint density at radius 2 is 1.83 bits per heavy atom. The summed E-state index contributed by atoms with van der Waals surface area (Å²) in [7, 11) is 0. The number of nitrogens with one attached hydrogen (secondary N) is 2. The molecule has 2 aromatic carbocycles. The number of carbonyl (C=O) groups is 2. The maximum absolute atomic E-state index is 13.5. The van der Waals surface area contributed by atoms with E-state index in [4.69, 9.17) is 11.6 Å². The minimum Gasteiger partial charge on any atom is -0.326 e. The first kappa shape index (κ1) is 17.9. The Morgan fingerprint density at radius 3 is 2.54 bits per heavy atom. The summed E-state index contributed by atoms with van der Waals surface area (Å²) in [4.78, 5) is 23.0. The van der Waals surface area contributed by atoms with Crippen molar-refractivity contribution in [3.63, 3.8) is 0 Å². The van der Waals surface area contributed by atoms with Crippen molar-refractivity contribution in [2.24, 2.45) is 0 Å². The van der Waals surface area contributed by atoms with Crippen LogP contribution in [0.25, 0.3) is 0 Å². The van der Waals surface area contributed by atoms with Crippen molar-refractivity contribution >= 4 is 34.8 Å². The molecule has 0 heterocycles. The van der Waals surface area contributed by atoms with E-state index >= 15 is 0 Å². The van der Waals surface area contributed by atoms with Gasteiger partial charge in [-0.2, -0.15) is 0 Å². The van der Waals surface area contributed by atoms with Crippen LogP contribution < -0.4 is 10.6 Å². The predicted octanol–water partition coefficient (Wildman–Crippen LogP) is 4.15. The number of hydrogen-bond acceptors (Lipinski definition) is 2. The van der Waals surface area contributed by atoms with E-state index in [-0.39, 0.29) is 30.2 Å². The maximum Gasteiger partial charge on any atom is 0.224 e. The third kappa shape index (κ3) is 5.03. The molecule has 0 atom stereocenters. The van der Waals surface area contributed by atoms with Crippen LogP contribution in [0.2, 0.25) is 5.02 Å². The van der Waals surface area contributed by atoms with E-state index in [0.29, 0.717) is 16.4 Å². The number of amides is 2. The van der Waals surface area contributed by atoms with Crippen molar-refractivity contribution in [1.82, 2.24) is 0 Å². The van der Waals surface area contributed by atoms with Crippen LogP contribution in [-0.2, 0) is 16.0 Å². The zero-order chi connectivity index (χ0) is 17.7. The van der Waals surface area contributed by atoms with E-state index < -0.39 is 11.6 Å². The Balaban J connectivity index is 1.99. The highest BCUT2D eigenvalue weighted by Crippen LogP contribution is 2.25. The Labute approximate surface area is 142 Å². The number of hydrogen-bond donors (Lipinski definition) is 2. The molecular formula is C17H15ClF2N2O2. The molecule has 0 spiro atoms. The first-order valence-corrected chi connectivity index (χ1v) is 7.54. The second-order valence-electron chi connectivity index (χ2n) is 5.16. The lowest BCUT2D eigenvalue weighted by molar-refractivity contribution is -0.116. The lowest BCUT2D eigenvalue weighted by Crippen LogP contribution is -2.13. The van der Waals surface area contributed by atoms with Crippen LogP contribution >= 0.6 is 11.6 Å². The van der Waals surface area contributed by atoms with Gasteiger partial charge in [-0.15, -0.1) is 0 Å². The number of benzene rings is 2. The van der Waals surface area contributed by atoms with Gasteiger partial charge >= 0.3 is 0 Å². The van der Waals surface area contributed by atoms with Crippen molar-refractivity contribution < 1.29 is 18.4 Å². The van der Waals surface area contributed by atoms with Gasteiger partial charge in [0.05, 0.1) is 10.7 Å². The van der Waals surface area contributed by atoms with Crippen molar-refractivity contribution in [3.8, 4) is 0 Å². The van der Waals surface area contributed by atoms with Crippen LogP contribution in [0.3, 0.4) is 0 Å². The maximum atomic E-state index is 13.5. The molecule has 0 aliphatic carbocycles. The van der Waals surface area contributed by atoms with Crippen LogP contribution in [0.15, 0.2) is 36.4 Å². The molecule has 0 radical (unpaired) electrons. The molecule has 0 bridgehead atoms. The van der Waals surface area contributed by atoms with Crippen LogP contribution in [0, 0.1) is 11.6 Å². The molecule has 2 rings (SSSR count). The molecule has 24 heavy (non-hydrogen) atoms. The van der Waals surface area contributed by atoms with Gasteiger partial charge in [-0.3, -0.25) is 9.59 Å². The van der Waals surface area contributed by atoms with E-state index in [1.807, 2.05) is 0 Å². The minimum atomic E-state index is -0.552. The molecule has 2 aromatic rings. The summed E-state index contributed by atoms with van der Waals surface area (Å²) in [5.74, 6) is -1.76. The first-order chi connectivity index (χ1) is 11.3. The van der Waals surface area contributed by atoms with Gasteiger partial charge in [-0.05, 0) is 48.4 Å². The van der Waals surface area contributed by atoms with Gasteiger partial charge < -0.3 is 10.6 Å². The molecular weight excluding hydrogens is 338 g/mol.